The number of thiazole rings is 1. The van der Waals surface area contributed by atoms with E-state index in [1.165, 1.54) is 23.3 Å². The van der Waals surface area contributed by atoms with Crippen LogP contribution < -0.4 is 14.4 Å². The van der Waals surface area contributed by atoms with Crippen molar-refractivity contribution in [3.05, 3.63) is 87.4 Å². The lowest BCUT2D eigenvalue weighted by Crippen LogP contribution is -2.29. The van der Waals surface area contributed by atoms with Gasteiger partial charge in [0.1, 0.15) is 17.3 Å². The predicted molar refractivity (Wildman–Crippen MR) is 140 cm³/mol. The van der Waals surface area contributed by atoms with Gasteiger partial charge in [0.15, 0.2) is 5.13 Å². The molecular formula is C26H18Cl2N2O5S. The van der Waals surface area contributed by atoms with Gasteiger partial charge in [-0.15, -0.1) is 0 Å². The molecule has 182 valence electrons. The standard InChI is InChI=1S/C26H18Cl2N2O5S/c1-34-15-6-3-13(4-7-15)23(31)21-22(14-5-9-17(27)18(28)11-14)30(25(33)24(21)32)26-29-19-10-8-16(35-2)12-20(19)36-26/h3-12,22,31H,1-2H3. The van der Waals surface area contributed by atoms with Crippen LogP contribution in [0.3, 0.4) is 0 Å². The highest BCUT2D eigenvalue weighted by molar-refractivity contribution is 7.22. The summed E-state index contributed by atoms with van der Waals surface area (Å²) in [5.41, 5.74) is 1.41. The maximum Gasteiger partial charge on any atom is 0.301 e. The average molecular weight is 541 g/mol. The molecule has 1 aliphatic rings. The molecule has 1 atom stereocenters. The molecule has 10 heteroatoms. The van der Waals surface area contributed by atoms with Gasteiger partial charge in [-0.1, -0.05) is 40.6 Å². The van der Waals surface area contributed by atoms with Crippen molar-refractivity contribution < 1.29 is 24.2 Å². The Bertz CT molecular complexity index is 1550. The number of Topliss-reactive ketones (excluding diaryl/α,β-unsaturated/α-hetero) is 1. The van der Waals surface area contributed by atoms with Crippen LogP contribution in [0.4, 0.5) is 5.13 Å². The summed E-state index contributed by atoms with van der Waals surface area (Å²) in [5.74, 6) is -0.751. The lowest BCUT2D eigenvalue weighted by molar-refractivity contribution is -0.132. The fraction of sp³-hybridized carbons (Fsp3) is 0.115. The molecule has 2 heterocycles. The molecule has 1 amide bonds. The first-order chi connectivity index (χ1) is 17.3. The molecule has 3 aromatic carbocycles. The van der Waals surface area contributed by atoms with Crippen molar-refractivity contribution in [3.63, 3.8) is 0 Å². The molecule has 0 aliphatic carbocycles. The molecule has 0 saturated carbocycles. The van der Waals surface area contributed by atoms with Gasteiger partial charge in [0, 0.05) is 5.56 Å². The van der Waals surface area contributed by atoms with Crippen LogP contribution in [0.5, 0.6) is 11.5 Å². The Labute approximate surface area is 220 Å². The van der Waals surface area contributed by atoms with Gasteiger partial charge >= 0.3 is 5.91 Å². The fourth-order valence-electron chi connectivity index (χ4n) is 4.05. The molecule has 0 bridgehead atoms. The molecule has 36 heavy (non-hydrogen) atoms. The molecule has 7 nitrogen and oxygen atoms in total. The zero-order chi connectivity index (χ0) is 25.6. The summed E-state index contributed by atoms with van der Waals surface area (Å²) in [6, 6.07) is 15.7. The van der Waals surface area contributed by atoms with Gasteiger partial charge in [0.05, 0.1) is 46.1 Å². The summed E-state index contributed by atoms with van der Waals surface area (Å²) in [6.45, 7) is 0. The lowest BCUT2D eigenvalue weighted by Gasteiger charge is -2.23. The van der Waals surface area contributed by atoms with Crippen molar-refractivity contribution in [2.45, 2.75) is 6.04 Å². The van der Waals surface area contributed by atoms with Crippen LogP contribution in [0.1, 0.15) is 17.2 Å². The minimum Gasteiger partial charge on any atom is -0.507 e. The Kier molecular flexibility index (Phi) is 6.34. The number of halogens is 2. The Morgan fingerprint density at radius 1 is 0.944 bits per heavy atom. The Balaban J connectivity index is 1.71. The van der Waals surface area contributed by atoms with Gasteiger partial charge in [0.2, 0.25) is 0 Å². The van der Waals surface area contributed by atoms with Crippen LogP contribution >= 0.6 is 34.5 Å². The molecule has 5 rings (SSSR count). The molecule has 0 spiro atoms. The second-order valence-corrected chi connectivity index (χ2v) is 9.72. The number of carbonyl (C=O) groups is 2. The highest BCUT2D eigenvalue weighted by Crippen LogP contribution is 2.45. The van der Waals surface area contributed by atoms with Gasteiger partial charge in [-0.25, -0.2) is 4.98 Å². The van der Waals surface area contributed by atoms with Gasteiger partial charge in [-0.2, -0.15) is 0 Å². The number of aliphatic hydroxyl groups excluding tert-OH is 1. The lowest BCUT2D eigenvalue weighted by atomic mass is 9.95. The number of aromatic nitrogens is 1. The SMILES string of the molecule is COc1ccc(C(O)=C2C(=O)C(=O)N(c3nc4ccc(OC)cc4s3)C2c2ccc(Cl)c(Cl)c2)cc1. The summed E-state index contributed by atoms with van der Waals surface area (Å²) >= 11 is 13.7. The topological polar surface area (TPSA) is 89.0 Å². The minimum atomic E-state index is -0.982. The van der Waals surface area contributed by atoms with E-state index in [-0.39, 0.29) is 16.4 Å². The van der Waals surface area contributed by atoms with Crippen LogP contribution in [-0.4, -0.2) is 36.0 Å². The van der Waals surface area contributed by atoms with Gasteiger partial charge in [0.25, 0.3) is 5.78 Å². The number of ketones is 1. The Morgan fingerprint density at radius 2 is 1.64 bits per heavy atom. The number of methoxy groups -OCH3 is 2. The van der Waals surface area contributed by atoms with Crippen LogP contribution in [-0.2, 0) is 9.59 Å². The first kappa shape index (κ1) is 24.1. The number of nitrogens with zero attached hydrogens (tertiary/aromatic N) is 2. The zero-order valence-electron chi connectivity index (χ0n) is 19.0. The van der Waals surface area contributed by atoms with E-state index in [0.29, 0.717) is 38.3 Å². The Morgan fingerprint density at radius 3 is 2.31 bits per heavy atom. The van der Waals surface area contributed by atoms with Gasteiger partial charge in [-0.05, 0) is 60.2 Å². The summed E-state index contributed by atoms with van der Waals surface area (Å²) in [4.78, 5) is 32.6. The minimum absolute atomic E-state index is 0.0830. The van der Waals surface area contributed by atoms with E-state index in [1.54, 1.807) is 67.8 Å². The highest BCUT2D eigenvalue weighted by atomic mass is 35.5. The highest BCUT2D eigenvalue weighted by Gasteiger charge is 2.48. The smallest absolute Gasteiger partial charge is 0.301 e. The van der Waals surface area contributed by atoms with E-state index in [1.807, 2.05) is 0 Å². The summed E-state index contributed by atoms with van der Waals surface area (Å²) in [7, 11) is 3.09. The van der Waals surface area contributed by atoms with Crippen molar-refractivity contribution in [3.8, 4) is 11.5 Å². The van der Waals surface area contributed by atoms with E-state index < -0.39 is 17.7 Å². The molecule has 1 aromatic heterocycles. The van der Waals surface area contributed by atoms with Crippen molar-refractivity contribution >= 4 is 67.3 Å². The molecule has 0 radical (unpaired) electrons. The number of benzene rings is 3. The molecule has 1 saturated heterocycles. The Hall–Kier alpha value is -3.59. The first-order valence-corrected chi connectivity index (χ1v) is 12.2. The van der Waals surface area contributed by atoms with Crippen molar-refractivity contribution in [2.75, 3.05) is 19.1 Å². The predicted octanol–water partition coefficient (Wildman–Crippen LogP) is 6.25. The number of rotatable bonds is 5. The normalized spacial score (nSPS) is 17.1. The third kappa shape index (κ3) is 4.07. The number of amides is 1. The van der Waals surface area contributed by atoms with Crippen molar-refractivity contribution in [1.29, 1.82) is 0 Å². The second kappa shape index (κ2) is 9.46. The molecule has 1 fully saturated rings. The maximum absolute atomic E-state index is 13.4. The number of hydrogen-bond acceptors (Lipinski definition) is 7. The number of fused-ring (bicyclic) bond motifs is 1. The van der Waals surface area contributed by atoms with Crippen LogP contribution in [0.2, 0.25) is 10.0 Å². The van der Waals surface area contributed by atoms with E-state index in [4.69, 9.17) is 32.7 Å². The summed E-state index contributed by atoms with van der Waals surface area (Å²) < 4.78 is 11.2. The van der Waals surface area contributed by atoms with E-state index >= 15 is 0 Å². The number of aliphatic hydroxyl groups is 1. The average Bonchev–Trinajstić information content (AvgIpc) is 3.42. The third-order valence-corrected chi connectivity index (χ3v) is 7.61. The molecule has 1 unspecified atom stereocenters. The van der Waals surface area contributed by atoms with Crippen LogP contribution in [0.25, 0.3) is 16.0 Å². The van der Waals surface area contributed by atoms with E-state index in [2.05, 4.69) is 4.98 Å². The maximum atomic E-state index is 13.4. The molecule has 4 aromatic rings. The third-order valence-electron chi connectivity index (χ3n) is 5.86. The number of ether oxygens (including phenoxy) is 2. The quantitative estimate of drug-likeness (QED) is 0.183. The second-order valence-electron chi connectivity index (χ2n) is 7.90. The monoisotopic (exact) mass is 540 g/mol. The fourth-order valence-corrected chi connectivity index (χ4v) is 5.38. The van der Waals surface area contributed by atoms with Crippen molar-refractivity contribution in [1.82, 2.24) is 4.98 Å². The first-order valence-electron chi connectivity index (χ1n) is 10.7. The molecule has 1 aliphatic heterocycles. The number of anilines is 1. The van der Waals surface area contributed by atoms with Crippen LogP contribution in [0, 0.1) is 0 Å². The summed E-state index contributed by atoms with van der Waals surface area (Å²) in [5, 5.41) is 12.1. The summed E-state index contributed by atoms with van der Waals surface area (Å²) in [6.07, 6.45) is 0. The van der Waals surface area contributed by atoms with E-state index in [0.717, 1.165) is 4.70 Å². The number of hydrogen-bond donors (Lipinski definition) is 1. The molecular weight excluding hydrogens is 523 g/mol. The molecule has 1 N–H and O–H groups in total. The van der Waals surface area contributed by atoms with Gasteiger partial charge < -0.3 is 14.6 Å². The van der Waals surface area contributed by atoms with E-state index in [9.17, 15) is 14.7 Å². The van der Waals surface area contributed by atoms with Crippen molar-refractivity contribution in [2.24, 2.45) is 0 Å². The zero-order valence-corrected chi connectivity index (χ0v) is 21.3. The largest absolute Gasteiger partial charge is 0.507 e. The number of carbonyl (C=O) groups excluding carboxylic acids is 2. The van der Waals surface area contributed by atoms with Crippen LogP contribution in [0.15, 0.2) is 66.2 Å². The van der Waals surface area contributed by atoms with Gasteiger partial charge in [-0.3, -0.25) is 14.5 Å².